The van der Waals surface area contributed by atoms with E-state index in [4.69, 9.17) is 21.0 Å². The van der Waals surface area contributed by atoms with Crippen LogP contribution in [0.1, 0.15) is 44.5 Å². The summed E-state index contributed by atoms with van der Waals surface area (Å²) in [6.45, 7) is 0. The molecule has 0 bridgehead atoms. The van der Waals surface area contributed by atoms with Crippen molar-refractivity contribution < 1.29 is 0 Å². The number of allylic oxidation sites excluding steroid dienone is 2. The largest absolute Gasteiger partial charge is 0.192 e. The summed E-state index contributed by atoms with van der Waals surface area (Å²) in [6.07, 6.45) is 0. The molecule has 4 heteroatoms. The van der Waals surface area contributed by atoms with Crippen LogP contribution < -0.4 is 0 Å². The summed E-state index contributed by atoms with van der Waals surface area (Å²) in [5.74, 6) is 24.8. The normalized spacial score (nSPS) is 8.57. The van der Waals surface area contributed by atoms with E-state index in [0.717, 1.165) is 0 Å². The third-order valence-corrected chi connectivity index (χ3v) is 5.63. The van der Waals surface area contributed by atoms with Gasteiger partial charge in [0.25, 0.3) is 0 Å². The maximum absolute atomic E-state index is 9.10. The van der Waals surface area contributed by atoms with Gasteiger partial charge in [-0.3, -0.25) is 0 Å². The van der Waals surface area contributed by atoms with Crippen LogP contribution in [0.4, 0.5) is 0 Å². The average molecular weight is 529 g/mol. The zero-order chi connectivity index (χ0) is 29.6. The Morgan fingerprint density at radius 2 is 0.452 bits per heavy atom. The maximum atomic E-state index is 9.10. The van der Waals surface area contributed by atoms with Crippen molar-refractivity contribution in [1.29, 1.82) is 21.0 Å². The van der Waals surface area contributed by atoms with E-state index in [1.54, 1.807) is 97.1 Å². The van der Waals surface area contributed by atoms with Gasteiger partial charge in [-0.2, -0.15) is 21.0 Å². The first-order valence-corrected chi connectivity index (χ1v) is 12.4. The lowest BCUT2D eigenvalue weighted by atomic mass is 10.1. The highest BCUT2D eigenvalue weighted by atomic mass is 14.2. The molecule has 0 atom stereocenters. The van der Waals surface area contributed by atoms with E-state index in [2.05, 4.69) is 71.6 Å². The first-order valence-electron chi connectivity index (χ1n) is 12.4. The fourth-order valence-electron chi connectivity index (χ4n) is 3.36. The highest BCUT2D eigenvalue weighted by Crippen LogP contribution is 2.09. The SMILES string of the molecule is N#Cc1ccc(C#CC(C#Cc2ccc(C#N)cc2)=C(C#Cc2ccc(C#N)cc2)C#Cc2ccc(C#N)cc2)cc1. The van der Waals surface area contributed by atoms with E-state index >= 15 is 0 Å². The van der Waals surface area contributed by atoms with Crippen molar-refractivity contribution in [3.05, 3.63) is 153 Å². The fraction of sp³-hybridized carbons (Fsp3) is 0. The molecule has 0 aliphatic heterocycles. The molecule has 0 fully saturated rings. The van der Waals surface area contributed by atoms with Crippen molar-refractivity contribution in [2.75, 3.05) is 0 Å². The van der Waals surface area contributed by atoms with Crippen LogP contribution in [-0.2, 0) is 0 Å². The molecule has 4 aromatic rings. The van der Waals surface area contributed by atoms with Crippen LogP contribution in [0.3, 0.4) is 0 Å². The maximum Gasteiger partial charge on any atom is 0.0993 e. The number of hydrogen-bond donors (Lipinski definition) is 0. The summed E-state index contributed by atoms with van der Waals surface area (Å²) < 4.78 is 0. The molecule has 0 aromatic heterocycles. The van der Waals surface area contributed by atoms with E-state index in [1.165, 1.54) is 0 Å². The lowest BCUT2D eigenvalue weighted by molar-refractivity contribution is 1.48. The molecule has 4 nitrogen and oxygen atoms in total. The molecule has 4 aromatic carbocycles. The molecular formula is C38H16N4. The predicted octanol–water partition coefficient (Wildman–Crippen LogP) is 5.98. The molecule has 0 radical (unpaired) electrons. The molecule has 0 N–H and O–H groups in total. The Kier molecular flexibility index (Phi) is 9.35. The Balaban J connectivity index is 1.88. The van der Waals surface area contributed by atoms with Crippen LogP contribution in [0.25, 0.3) is 0 Å². The van der Waals surface area contributed by atoms with Gasteiger partial charge in [0, 0.05) is 22.3 Å². The molecule has 4 rings (SSSR count). The summed E-state index contributed by atoms with van der Waals surface area (Å²) in [5, 5.41) is 36.4. The van der Waals surface area contributed by atoms with Crippen molar-refractivity contribution in [3.8, 4) is 71.6 Å². The van der Waals surface area contributed by atoms with Crippen LogP contribution in [0.2, 0.25) is 0 Å². The van der Waals surface area contributed by atoms with Crippen molar-refractivity contribution in [2.24, 2.45) is 0 Å². The van der Waals surface area contributed by atoms with E-state index in [9.17, 15) is 0 Å². The molecule has 188 valence electrons. The monoisotopic (exact) mass is 528 g/mol. The second-order valence-electron chi connectivity index (χ2n) is 8.51. The van der Waals surface area contributed by atoms with Crippen molar-refractivity contribution >= 4 is 0 Å². The molecule has 0 unspecified atom stereocenters. The third kappa shape index (κ3) is 7.91. The second-order valence-corrected chi connectivity index (χ2v) is 8.51. The summed E-state index contributed by atoms with van der Waals surface area (Å²) in [6, 6.07) is 35.9. The standard InChI is InChI=1S/C38H16N4/c39-25-33-9-1-29(2-10-33)17-21-37(22-18-30-3-11-34(26-40)12-4-30)38(23-19-31-5-13-35(27-41)14-6-31)24-20-32-7-15-36(28-42)16-8-32/h1-16H. The van der Waals surface area contributed by atoms with Crippen LogP contribution in [0, 0.1) is 92.7 Å². The number of rotatable bonds is 0. The molecule has 0 saturated carbocycles. The predicted molar refractivity (Wildman–Crippen MR) is 159 cm³/mol. The van der Waals surface area contributed by atoms with Gasteiger partial charge in [-0.25, -0.2) is 0 Å². The van der Waals surface area contributed by atoms with Gasteiger partial charge in [-0.1, -0.05) is 47.4 Å². The van der Waals surface area contributed by atoms with Crippen LogP contribution >= 0.6 is 0 Å². The van der Waals surface area contributed by atoms with Gasteiger partial charge in [0.1, 0.15) is 0 Å². The third-order valence-electron chi connectivity index (χ3n) is 5.63. The fourth-order valence-corrected chi connectivity index (χ4v) is 3.36. The van der Waals surface area contributed by atoms with Crippen LogP contribution in [-0.4, -0.2) is 0 Å². The van der Waals surface area contributed by atoms with E-state index in [1.807, 2.05) is 0 Å². The lowest BCUT2D eigenvalue weighted by Crippen LogP contribution is -1.87. The molecule has 0 heterocycles. The summed E-state index contributed by atoms with van der Waals surface area (Å²) in [5.41, 5.74) is 5.61. The minimum Gasteiger partial charge on any atom is -0.192 e. The highest BCUT2D eigenvalue weighted by Gasteiger charge is 2.00. The Bertz CT molecular complexity index is 1780. The van der Waals surface area contributed by atoms with Gasteiger partial charge in [0.05, 0.1) is 57.7 Å². The lowest BCUT2D eigenvalue weighted by Gasteiger charge is -1.95. The number of hydrogen-bond acceptors (Lipinski definition) is 4. The van der Waals surface area contributed by atoms with E-state index < -0.39 is 0 Å². The van der Waals surface area contributed by atoms with Gasteiger partial charge in [-0.05, 0) is 97.1 Å². The molecule has 42 heavy (non-hydrogen) atoms. The quantitative estimate of drug-likeness (QED) is 0.263. The minimum absolute atomic E-state index is 0.381. The first kappa shape index (κ1) is 27.8. The first-order chi connectivity index (χ1) is 20.6. The van der Waals surface area contributed by atoms with Crippen molar-refractivity contribution in [3.63, 3.8) is 0 Å². The smallest absolute Gasteiger partial charge is 0.0993 e. The minimum atomic E-state index is 0.381. The van der Waals surface area contributed by atoms with Gasteiger partial charge < -0.3 is 0 Å². The highest BCUT2D eigenvalue weighted by molar-refractivity contribution is 5.65. The molecule has 0 aliphatic rings. The average Bonchev–Trinajstić information content (AvgIpc) is 3.06. The van der Waals surface area contributed by atoms with E-state index in [0.29, 0.717) is 55.7 Å². The number of nitriles is 4. The molecular weight excluding hydrogens is 512 g/mol. The Morgan fingerprint density at radius 3 is 0.619 bits per heavy atom. The molecule has 0 amide bonds. The van der Waals surface area contributed by atoms with Crippen molar-refractivity contribution in [1.82, 2.24) is 0 Å². The molecule has 0 spiro atoms. The molecule has 0 saturated heterocycles. The van der Waals surface area contributed by atoms with Gasteiger partial charge >= 0.3 is 0 Å². The Labute approximate surface area is 245 Å². The number of nitrogens with zero attached hydrogens (tertiary/aromatic N) is 4. The topological polar surface area (TPSA) is 95.2 Å². The van der Waals surface area contributed by atoms with Crippen molar-refractivity contribution in [2.45, 2.75) is 0 Å². The van der Waals surface area contributed by atoms with E-state index in [-0.39, 0.29) is 0 Å². The summed E-state index contributed by atoms with van der Waals surface area (Å²) in [4.78, 5) is 0. The summed E-state index contributed by atoms with van der Waals surface area (Å²) >= 11 is 0. The second kappa shape index (κ2) is 14.1. The zero-order valence-corrected chi connectivity index (χ0v) is 22.0. The molecule has 0 aliphatic carbocycles. The van der Waals surface area contributed by atoms with Gasteiger partial charge in [0.2, 0.25) is 0 Å². The zero-order valence-electron chi connectivity index (χ0n) is 22.0. The van der Waals surface area contributed by atoms with Crippen LogP contribution in [0.15, 0.2) is 108 Å². The Morgan fingerprint density at radius 1 is 0.286 bits per heavy atom. The Hall–Kier alpha value is -7.18. The van der Waals surface area contributed by atoms with Gasteiger partial charge in [-0.15, -0.1) is 0 Å². The summed E-state index contributed by atoms with van der Waals surface area (Å²) in [7, 11) is 0. The number of benzene rings is 4. The van der Waals surface area contributed by atoms with Crippen LogP contribution in [0.5, 0.6) is 0 Å². The van der Waals surface area contributed by atoms with Gasteiger partial charge in [0.15, 0.2) is 0 Å².